The molecule has 0 aliphatic carbocycles. The van der Waals surface area contributed by atoms with Crippen molar-refractivity contribution in [1.29, 1.82) is 0 Å². The predicted molar refractivity (Wildman–Crippen MR) is 131 cm³/mol. The van der Waals surface area contributed by atoms with Crippen LogP contribution in [0.5, 0.6) is 5.75 Å². The summed E-state index contributed by atoms with van der Waals surface area (Å²) in [7, 11) is -3.75. The maximum absolute atomic E-state index is 11.9. The van der Waals surface area contributed by atoms with Gasteiger partial charge in [0.25, 0.3) is 10.1 Å². The van der Waals surface area contributed by atoms with Crippen molar-refractivity contribution in [3.8, 4) is 5.75 Å². The first-order chi connectivity index (χ1) is 17.6. The number of rotatable bonds is 22. The average Bonchev–Trinajstić information content (AvgIpc) is 2.90. The van der Waals surface area contributed by atoms with Gasteiger partial charge in [-0.15, -0.1) is 0 Å². The zero-order valence-corrected chi connectivity index (χ0v) is 21.1. The molecule has 2 aromatic carbocycles. The van der Waals surface area contributed by atoms with Crippen molar-refractivity contribution < 1.29 is 45.8 Å². The molecular formula is C25H34O10S. The molecule has 0 saturated carbocycles. The molecule has 0 atom stereocenters. The monoisotopic (exact) mass is 526 g/mol. The van der Waals surface area contributed by atoms with Crippen LogP contribution in [0.15, 0.2) is 59.5 Å². The van der Waals surface area contributed by atoms with Crippen molar-refractivity contribution in [2.24, 2.45) is 0 Å². The first kappa shape index (κ1) is 29.8. The van der Waals surface area contributed by atoms with Crippen molar-refractivity contribution in [3.05, 3.63) is 60.2 Å². The first-order valence-electron chi connectivity index (χ1n) is 11.6. The second kappa shape index (κ2) is 18.8. The van der Waals surface area contributed by atoms with E-state index in [0.29, 0.717) is 77.4 Å². The minimum Gasteiger partial charge on any atom is -0.491 e. The van der Waals surface area contributed by atoms with Gasteiger partial charge < -0.3 is 28.4 Å². The van der Waals surface area contributed by atoms with Crippen LogP contribution in [0.1, 0.15) is 10.4 Å². The number of hydrogen-bond donors (Lipinski definition) is 0. The second-order valence-electron chi connectivity index (χ2n) is 7.19. The predicted octanol–water partition coefficient (Wildman–Crippen LogP) is 2.37. The molecule has 0 saturated heterocycles. The third kappa shape index (κ3) is 13.6. The minimum atomic E-state index is -3.75. The van der Waals surface area contributed by atoms with Crippen LogP contribution in [-0.4, -0.2) is 94.0 Å². The zero-order valence-electron chi connectivity index (χ0n) is 20.2. The van der Waals surface area contributed by atoms with E-state index in [1.54, 1.807) is 42.5 Å². The Hall–Kier alpha value is -2.38. The van der Waals surface area contributed by atoms with E-state index in [4.69, 9.17) is 32.6 Å². The summed E-state index contributed by atoms with van der Waals surface area (Å²) in [5, 5.41) is 0. The number of hydrogen-bond acceptors (Lipinski definition) is 10. The standard InChI is InChI=1S/C25H34O10S/c26-22-23-6-8-24(9-7-23)34-20-18-32-16-14-30-12-10-29-11-13-31-15-17-33-19-21-35-36(27,28)25-4-2-1-3-5-25/h1-9,22H,10-21H2. The molecule has 0 aliphatic heterocycles. The number of carbonyl (C=O) groups is 1. The highest BCUT2D eigenvalue weighted by molar-refractivity contribution is 7.86. The quantitative estimate of drug-likeness (QED) is 0.129. The lowest BCUT2D eigenvalue weighted by Crippen LogP contribution is -2.15. The first-order valence-corrected chi connectivity index (χ1v) is 13.0. The summed E-state index contributed by atoms with van der Waals surface area (Å²) >= 11 is 0. The number of benzene rings is 2. The Kier molecular flexibility index (Phi) is 15.6. The van der Waals surface area contributed by atoms with Gasteiger partial charge in [0.15, 0.2) is 0 Å². The molecule has 200 valence electrons. The van der Waals surface area contributed by atoms with Crippen molar-refractivity contribution in [3.63, 3.8) is 0 Å². The highest BCUT2D eigenvalue weighted by atomic mass is 32.2. The fourth-order valence-electron chi connectivity index (χ4n) is 2.70. The maximum atomic E-state index is 11.9. The summed E-state index contributed by atoms with van der Waals surface area (Å²) in [6.07, 6.45) is 0.787. The smallest absolute Gasteiger partial charge is 0.297 e. The topological polar surface area (TPSA) is 116 Å². The molecular weight excluding hydrogens is 492 g/mol. The van der Waals surface area contributed by atoms with Gasteiger partial charge in [-0.05, 0) is 36.4 Å². The lowest BCUT2D eigenvalue weighted by Gasteiger charge is -2.09. The largest absolute Gasteiger partial charge is 0.491 e. The molecule has 0 bridgehead atoms. The van der Waals surface area contributed by atoms with Gasteiger partial charge in [0, 0.05) is 5.56 Å². The molecule has 0 heterocycles. The van der Waals surface area contributed by atoms with E-state index >= 15 is 0 Å². The Bertz CT molecular complexity index is 920. The SMILES string of the molecule is O=Cc1ccc(OCCOCCOCCOCCOCCOCCOS(=O)(=O)c2ccccc2)cc1. The van der Waals surface area contributed by atoms with Gasteiger partial charge in [0.1, 0.15) is 18.6 Å². The van der Waals surface area contributed by atoms with Crippen molar-refractivity contribution >= 4 is 16.4 Å². The van der Waals surface area contributed by atoms with Crippen molar-refractivity contribution in [2.75, 3.05) is 79.3 Å². The van der Waals surface area contributed by atoms with Crippen LogP contribution in [0.25, 0.3) is 0 Å². The third-order valence-electron chi connectivity index (χ3n) is 4.50. The number of carbonyl (C=O) groups excluding carboxylic acids is 1. The van der Waals surface area contributed by atoms with Gasteiger partial charge in [-0.25, -0.2) is 0 Å². The van der Waals surface area contributed by atoms with Crippen molar-refractivity contribution in [2.45, 2.75) is 4.90 Å². The van der Waals surface area contributed by atoms with Gasteiger partial charge in [0.05, 0.1) is 77.6 Å². The van der Waals surface area contributed by atoms with Gasteiger partial charge >= 0.3 is 0 Å². The van der Waals surface area contributed by atoms with Crippen molar-refractivity contribution in [1.82, 2.24) is 0 Å². The van der Waals surface area contributed by atoms with Gasteiger partial charge in [-0.3, -0.25) is 8.98 Å². The molecule has 0 spiro atoms. The molecule has 2 rings (SSSR count). The van der Waals surface area contributed by atoms with E-state index in [9.17, 15) is 13.2 Å². The van der Waals surface area contributed by atoms with Crippen LogP contribution >= 0.6 is 0 Å². The Morgan fingerprint density at radius 1 is 0.556 bits per heavy atom. The maximum Gasteiger partial charge on any atom is 0.297 e. The second-order valence-corrected chi connectivity index (χ2v) is 8.80. The number of aldehydes is 1. The summed E-state index contributed by atoms with van der Waals surface area (Å²) in [4.78, 5) is 10.7. The van der Waals surface area contributed by atoms with E-state index in [1.807, 2.05) is 0 Å². The molecule has 11 heteroatoms. The fourth-order valence-corrected chi connectivity index (χ4v) is 3.61. The highest BCUT2D eigenvalue weighted by Crippen LogP contribution is 2.11. The molecule has 0 N–H and O–H groups in total. The normalized spacial score (nSPS) is 11.4. The molecule has 0 amide bonds. The van der Waals surface area contributed by atoms with Crippen LogP contribution in [0.2, 0.25) is 0 Å². The third-order valence-corrected chi connectivity index (χ3v) is 5.83. The Morgan fingerprint density at radius 2 is 1.00 bits per heavy atom. The lowest BCUT2D eigenvalue weighted by molar-refractivity contribution is -0.0140. The molecule has 0 radical (unpaired) electrons. The fraction of sp³-hybridized carbons (Fsp3) is 0.480. The van der Waals surface area contributed by atoms with E-state index < -0.39 is 10.1 Å². The molecule has 0 aliphatic rings. The van der Waals surface area contributed by atoms with Gasteiger partial charge in [0.2, 0.25) is 0 Å². The van der Waals surface area contributed by atoms with E-state index in [2.05, 4.69) is 0 Å². The van der Waals surface area contributed by atoms with Crippen LogP contribution in [-0.2, 0) is 38.0 Å². The van der Waals surface area contributed by atoms with E-state index in [-0.39, 0.29) is 18.1 Å². The van der Waals surface area contributed by atoms with Gasteiger partial charge in [-0.2, -0.15) is 8.42 Å². The average molecular weight is 527 g/mol. The van der Waals surface area contributed by atoms with Crippen LogP contribution < -0.4 is 4.74 Å². The van der Waals surface area contributed by atoms with Gasteiger partial charge in [-0.1, -0.05) is 18.2 Å². The summed E-state index contributed by atoms with van der Waals surface area (Å²) in [6.45, 7) is 4.33. The number of ether oxygens (including phenoxy) is 6. The Morgan fingerprint density at radius 3 is 1.47 bits per heavy atom. The van der Waals surface area contributed by atoms with Crippen LogP contribution in [0, 0.1) is 0 Å². The molecule has 36 heavy (non-hydrogen) atoms. The van der Waals surface area contributed by atoms with Crippen LogP contribution in [0.3, 0.4) is 0 Å². The zero-order chi connectivity index (χ0) is 25.7. The summed E-state index contributed by atoms with van der Waals surface area (Å²) < 4.78 is 61.2. The summed E-state index contributed by atoms with van der Waals surface area (Å²) in [5.41, 5.74) is 0.608. The Labute approximate surface area is 212 Å². The Balaban J connectivity index is 1.28. The molecule has 0 fully saturated rings. The molecule has 10 nitrogen and oxygen atoms in total. The minimum absolute atomic E-state index is 0.0586. The van der Waals surface area contributed by atoms with Crippen LogP contribution in [0.4, 0.5) is 0 Å². The van der Waals surface area contributed by atoms with E-state index in [0.717, 1.165) is 6.29 Å². The summed E-state index contributed by atoms with van der Waals surface area (Å²) in [5.74, 6) is 0.691. The molecule has 0 unspecified atom stereocenters. The molecule has 0 aromatic heterocycles. The molecule has 2 aromatic rings. The lowest BCUT2D eigenvalue weighted by atomic mass is 10.2. The highest BCUT2D eigenvalue weighted by Gasteiger charge is 2.13. The summed E-state index contributed by atoms with van der Waals surface area (Å²) in [6, 6.07) is 14.8. The van der Waals surface area contributed by atoms with E-state index in [1.165, 1.54) is 12.1 Å².